The van der Waals surface area contributed by atoms with Gasteiger partial charge in [0.15, 0.2) is 0 Å². The minimum Gasteiger partial charge on any atom is -0.249 e. The normalized spacial score (nSPS) is 11.3. The lowest BCUT2D eigenvalue weighted by molar-refractivity contribution is -0.0788. The van der Waals surface area contributed by atoms with Gasteiger partial charge in [0, 0.05) is 15.2 Å². The summed E-state index contributed by atoms with van der Waals surface area (Å²) in [7, 11) is 1.15. The minimum atomic E-state index is -4.04. The molecular formula is C9H7Cl2FO4S. The van der Waals surface area contributed by atoms with Gasteiger partial charge < -0.3 is 0 Å². The zero-order valence-electron chi connectivity index (χ0n) is 8.54. The predicted molar refractivity (Wildman–Crippen MR) is 60.4 cm³/mol. The van der Waals surface area contributed by atoms with Crippen LogP contribution in [0.3, 0.4) is 0 Å². The fourth-order valence-electron chi connectivity index (χ4n) is 1.30. The predicted octanol–water partition coefficient (Wildman–Crippen LogP) is 2.87. The number of benzene rings is 1. The van der Waals surface area contributed by atoms with Crippen LogP contribution in [-0.2, 0) is 20.4 Å². The molecule has 0 unspecified atom stereocenters. The maximum Gasteiger partial charge on any atom is 0.381 e. The highest BCUT2D eigenvalue weighted by atomic mass is 35.7. The third kappa shape index (κ3) is 3.08. The summed E-state index contributed by atoms with van der Waals surface area (Å²) in [6.45, 7) is 1.68. The molecule has 0 aliphatic rings. The topological polar surface area (TPSA) is 60.4 Å². The zero-order chi connectivity index (χ0) is 13.2. The van der Waals surface area contributed by atoms with Crippen LogP contribution in [0.15, 0.2) is 17.0 Å². The van der Waals surface area contributed by atoms with Crippen molar-refractivity contribution in [1.82, 2.24) is 0 Å². The van der Waals surface area contributed by atoms with E-state index in [1.807, 2.05) is 0 Å². The average Bonchev–Trinajstić information content (AvgIpc) is 2.25. The van der Waals surface area contributed by atoms with E-state index in [-0.39, 0.29) is 9.92 Å². The summed E-state index contributed by atoms with van der Waals surface area (Å²) in [4.78, 5) is 13.7. The van der Waals surface area contributed by atoms with Crippen molar-refractivity contribution < 1.29 is 22.7 Å². The van der Waals surface area contributed by atoms with Gasteiger partial charge in [-0.05, 0) is 24.1 Å². The number of carbonyl (C=O) groups is 1. The first kappa shape index (κ1) is 14.2. The Hall–Kier alpha value is -0.850. The molecule has 17 heavy (non-hydrogen) atoms. The highest BCUT2D eigenvalue weighted by molar-refractivity contribution is 8.13. The molecule has 0 saturated heterocycles. The van der Waals surface area contributed by atoms with Gasteiger partial charge in [0.25, 0.3) is 9.05 Å². The summed E-state index contributed by atoms with van der Waals surface area (Å²) >= 11 is 5.70. The summed E-state index contributed by atoms with van der Waals surface area (Å²) < 4.78 is 34.3. The number of carbonyl (C=O) groups excluding carboxylic acids is 1. The molecular weight excluding hydrogens is 294 g/mol. The Morgan fingerprint density at radius 2 is 2.06 bits per heavy atom. The van der Waals surface area contributed by atoms with Crippen LogP contribution in [0.5, 0.6) is 0 Å². The third-order valence-corrected chi connectivity index (χ3v) is 3.80. The van der Waals surface area contributed by atoms with E-state index in [1.54, 1.807) is 6.92 Å². The van der Waals surface area contributed by atoms with Gasteiger partial charge in [-0.3, -0.25) is 0 Å². The standard InChI is InChI=1S/C9H7Cl2FO4S/c1-2-5-3-7(10)6(9(13)16-12)4-8(5)17(11,14)15/h3-4H,2H2,1H3. The van der Waals surface area contributed by atoms with Crippen molar-refractivity contribution in [1.29, 1.82) is 0 Å². The molecule has 0 aliphatic heterocycles. The van der Waals surface area contributed by atoms with Gasteiger partial charge in [0.05, 0.1) is 15.5 Å². The Morgan fingerprint density at radius 3 is 2.47 bits per heavy atom. The summed E-state index contributed by atoms with van der Waals surface area (Å²) in [5.41, 5.74) is -0.0639. The molecule has 0 aromatic heterocycles. The molecule has 1 aromatic carbocycles. The SMILES string of the molecule is CCc1cc(Cl)c(C(=O)OF)cc1S(=O)(=O)Cl. The molecule has 94 valence electrons. The summed E-state index contributed by atoms with van der Waals surface area (Å²) in [6.07, 6.45) is 0.339. The van der Waals surface area contributed by atoms with E-state index in [0.717, 1.165) is 6.07 Å². The lowest BCUT2D eigenvalue weighted by atomic mass is 10.1. The number of hydrogen-bond donors (Lipinski definition) is 0. The van der Waals surface area contributed by atoms with Gasteiger partial charge >= 0.3 is 5.97 Å². The quantitative estimate of drug-likeness (QED) is 0.805. The molecule has 0 radical (unpaired) electrons. The van der Waals surface area contributed by atoms with Crippen LogP contribution in [0, 0.1) is 0 Å². The van der Waals surface area contributed by atoms with Gasteiger partial charge in [-0.2, -0.15) is 0 Å². The Morgan fingerprint density at radius 1 is 1.47 bits per heavy atom. The maximum atomic E-state index is 11.8. The molecule has 8 heteroatoms. The monoisotopic (exact) mass is 300 g/mol. The minimum absolute atomic E-state index is 0.103. The van der Waals surface area contributed by atoms with Crippen molar-refractivity contribution in [3.63, 3.8) is 0 Å². The first-order chi connectivity index (χ1) is 7.81. The molecule has 0 saturated carbocycles. The molecule has 0 atom stereocenters. The average molecular weight is 301 g/mol. The van der Waals surface area contributed by atoms with Crippen LogP contribution < -0.4 is 0 Å². The molecule has 0 bridgehead atoms. The van der Waals surface area contributed by atoms with E-state index in [1.165, 1.54) is 6.07 Å². The Labute approximate surface area is 107 Å². The fourth-order valence-corrected chi connectivity index (χ4v) is 2.77. The molecule has 0 heterocycles. The third-order valence-electron chi connectivity index (χ3n) is 2.08. The largest absolute Gasteiger partial charge is 0.381 e. The number of hydrogen-bond acceptors (Lipinski definition) is 4. The van der Waals surface area contributed by atoms with Crippen LogP contribution >= 0.6 is 22.3 Å². The number of halogens is 3. The second-order valence-electron chi connectivity index (χ2n) is 3.10. The van der Waals surface area contributed by atoms with Crippen molar-refractivity contribution in [3.8, 4) is 0 Å². The highest BCUT2D eigenvalue weighted by Gasteiger charge is 2.21. The molecule has 0 spiro atoms. The van der Waals surface area contributed by atoms with E-state index in [9.17, 15) is 17.7 Å². The van der Waals surface area contributed by atoms with E-state index in [4.69, 9.17) is 22.3 Å². The van der Waals surface area contributed by atoms with Crippen LogP contribution in [0.1, 0.15) is 22.8 Å². The van der Waals surface area contributed by atoms with E-state index in [0.29, 0.717) is 12.0 Å². The summed E-state index contributed by atoms with van der Waals surface area (Å²) in [5, 5.41) is -0.103. The number of rotatable bonds is 3. The van der Waals surface area contributed by atoms with Gasteiger partial charge in [-0.1, -0.05) is 18.5 Å². The first-order valence-corrected chi connectivity index (χ1v) is 7.10. The second kappa shape index (κ2) is 5.20. The molecule has 0 N–H and O–H groups in total. The summed E-state index contributed by atoms with van der Waals surface area (Å²) in [5.74, 6) is -1.38. The Bertz CT molecular complexity index is 556. The summed E-state index contributed by atoms with van der Waals surface area (Å²) in [6, 6.07) is 2.13. The van der Waals surface area contributed by atoms with Crippen LogP contribution in [-0.4, -0.2) is 14.4 Å². The first-order valence-electron chi connectivity index (χ1n) is 4.41. The lowest BCUT2D eigenvalue weighted by Crippen LogP contribution is -2.05. The van der Waals surface area contributed by atoms with E-state index >= 15 is 0 Å². The molecule has 0 amide bonds. The van der Waals surface area contributed by atoms with Crippen LogP contribution in [0.2, 0.25) is 5.02 Å². The molecule has 0 aliphatic carbocycles. The van der Waals surface area contributed by atoms with Crippen LogP contribution in [0.4, 0.5) is 4.53 Å². The van der Waals surface area contributed by atoms with Gasteiger partial charge in [0.2, 0.25) is 0 Å². The number of aryl methyl sites for hydroxylation is 1. The van der Waals surface area contributed by atoms with Gasteiger partial charge in [-0.25, -0.2) is 18.2 Å². The fraction of sp³-hybridized carbons (Fsp3) is 0.222. The van der Waals surface area contributed by atoms with Crippen molar-refractivity contribution in [3.05, 3.63) is 28.3 Å². The van der Waals surface area contributed by atoms with Crippen molar-refractivity contribution in [2.45, 2.75) is 18.2 Å². The van der Waals surface area contributed by atoms with Gasteiger partial charge in [0.1, 0.15) is 0 Å². The van der Waals surface area contributed by atoms with Gasteiger partial charge in [-0.15, -0.1) is 0 Å². The highest BCUT2D eigenvalue weighted by Crippen LogP contribution is 2.28. The van der Waals surface area contributed by atoms with E-state index < -0.39 is 20.6 Å². The Balaban J connectivity index is 3.54. The lowest BCUT2D eigenvalue weighted by Gasteiger charge is -2.07. The van der Waals surface area contributed by atoms with Crippen molar-refractivity contribution in [2.24, 2.45) is 0 Å². The van der Waals surface area contributed by atoms with E-state index in [2.05, 4.69) is 4.94 Å². The smallest absolute Gasteiger partial charge is 0.249 e. The molecule has 1 aromatic rings. The zero-order valence-corrected chi connectivity index (χ0v) is 10.9. The molecule has 1 rings (SSSR count). The van der Waals surface area contributed by atoms with Crippen LogP contribution in [0.25, 0.3) is 0 Å². The maximum absolute atomic E-state index is 11.8. The molecule has 0 fully saturated rings. The Kier molecular flexibility index (Phi) is 4.35. The second-order valence-corrected chi connectivity index (χ2v) is 6.04. The van der Waals surface area contributed by atoms with Crippen molar-refractivity contribution >= 4 is 37.3 Å². The molecule has 4 nitrogen and oxygen atoms in total. The van der Waals surface area contributed by atoms with Crippen molar-refractivity contribution in [2.75, 3.05) is 0 Å².